The molecule has 2 rings (SSSR count). The molecule has 0 aromatic carbocycles. The van der Waals surface area contributed by atoms with Crippen LogP contribution in [-0.4, -0.2) is 30.1 Å². The second-order valence-electron chi connectivity index (χ2n) is 7.06. The van der Waals surface area contributed by atoms with Gasteiger partial charge in [-0.25, -0.2) is 0 Å². The van der Waals surface area contributed by atoms with E-state index in [0.29, 0.717) is 5.54 Å². The Bertz CT molecular complexity index is 250. The summed E-state index contributed by atoms with van der Waals surface area (Å²) in [5.41, 5.74) is 6.55. The molecule has 0 heterocycles. The van der Waals surface area contributed by atoms with E-state index in [4.69, 9.17) is 5.73 Å². The zero-order chi connectivity index (χ0) is 13.7. The highest BCUT2D eigenvalue weighted by atomic mass is 15.2. The van der Waals surface area contributed by atoms with Gasteiger partial charge in [-0.2, -0.15) is 0 Å². The van der Waals surface area contributed by atoms with Crippen molar-refractivity contribution in [2.24, 2.45) is 11.7 Å². The van der Waals surface area contributed by atoms with Crippen molar-refractivity contribution >= 4 is 0 Å². The fourth-order valence-corrected chi connectivity index (χ4v) is 4.47. The van der Waals surface area contributed by atoms with Crippen LogP contribution in [0.1, 0.15) is 77.6 Å². The van der Waals surface area contributed by atoms with Gasteiger partial charge in [0, 0.05) is 18.1 Å². The summed E-state index contributed by atoms with van der Waals surface area (Å²) in [5.74, 6) is 0.976. The van der Waals surface area contributed by atoms with Crippen molar-refractivity contribution in [1.29, 1.82) is 0 Å². The Hall–Kier alpha value is -0.0800. The van der Waals surface area contributed by atoms with Gasteiger partial charge in [-0.1, -0.05) is 39.0 Å². The summed E-state index contributed by atoms with van der Waals surface area (Å²) in [5, 5.41) is 0. The standard InChI is InChI=1S/C17H34N2/c1-3-7-15-10-12-17(14-18,13-11-15)19(2)16-8-5-4-6-9-16/h15-16H,3-14,18H2,1-2H3. The number of hydrogen-bond acceptors (Lipinski definition) is 2. The van der Waals surface area contributed by atoms with Crippen LogP contribution in [0.3, 0.4) is 0 Å². The van der Waals surface area contributed by atoms with E-state index in [1.54, 1.807) is 0 Å². The summed E-state index contributed by atoms with van der Waals surface area (Å²) >= 11 is 0. The second kappa shape index (κ2) is 7.08. The van der Waals surface area contributed by atoms with Crippen LogP contribution in [0.15, 0.2) is 0 Å². The summed E-state index contributed by atoms with van der Waals surface area (Å²) in [6, 6.07) is 0.806. The van der Waals surface area contributed by atoms with Gasteiger partial charge >= 0.3 is 0 Å². The Morgan fingerprint density at radius 1 is 1.05 bits per heavy atom. The largest absolute Gasteiger partial charge is 0.329 e. The molecule has 2 aliphatic rings. The number of nitrogens with zero attached hydrogens (tertiary/aromatic N) is 1. The Morgan fingerprint density at radius 2 is 1.68 bits per heavy atom. The maximum Gasteiger partial charge on any atom is 0.0331 e. The smallest absolute Gasteiger partial charge is 0.0331 e. The zero-order valence-corrected chi connectivity index (χ0v) is 13.2. The number of likely N-dealkylation sites (N-methyl/N-ethyl adjacent to an activating group) is 1. The summed E-state index contributed by atoms with van der Waals surface area (Å²) in [4.78, 5) is 2.70. The van der Waals surface area contributed by atoms with Gasteiger partial charge in [-0.05, 0) is 51.5 Å². The van der Waals surface area contributed by atoms with E-state index in [1.165, 1.54) is 70.6 Å². The van der Waals surface area contributed by atoms with Crippen molar-refractivity contribution in [3.05, 3.63) is 0 Å². The normalized spacial score (nSPS) is 33.8. The Balaban J connectivity index is 1.94. The predicted molar refractivity (Wildman–Crippen MR) is 83.3 cm³/mol. The molecular weight excluding hydrogens is 232 g/mol. The zero-order valence-electron chi connectivity index (χ0n) is 13.2. The van der Waals surface area contributed by atoms with E-state index in [1.807, 2.05) is 0 Å². The van der Waals surface area contributed by atoms with Crippen molar-refractivity contribution < 1.29 is 0 Å². The third-order valence-electron chi connectivity index (χ3n) is 5.98. The molecule has 0 saturated heterocycles. The summed E-state index contributed by atoms with van der Waals surface area (Å²) in [7, 11) is 2.36. The van der Waals surface area contributed by atoms with Crippen LogP contribution in [0, 0.1) is 5.92 Å². The van der Waals surface area contributed by atoms with Crippen molar-refractivity contribution in [2.75, 3.05) is 13.6 Å². The fourth-order valence-electron chi connectivity index (χ4n) is 4.47. The molecule has 0 bridgehead atoms. The lowest BCUT2D eigenvalue weighted by Crippen LogP contribution is -2.57. The first-order valence-electron chi connectivity index (χ1n) is 8.65. The van der Waals surface area contributed by atoms with Crippen molar-refractivity contribution in [3.8, 4) is 0 Å². The third-order valence-corrected chi connectivity index (χ3v) is 5.98. The van der Waals surface area contributed by atoms with Gasteiger partial charge in [-0.15, -0.1) is 0 Å². The van der Waals surface area contributed by atoms with Gasteiger partial charge in [0.25, 0.3) is 0 Å². The molecule has 2 fully saturated rings. The molecule has 0 aromatic rings. The highest BCUT2D eigenvalue weighted by Gasteiger charge is 2.40. The van der Waals surface area contributed by atoms with Gasteiger partial charge in [0.15, 0.2) is 0 Å². The molecule has 112 valence electrons. The molecular formula is C17H34N2. The molecule has 0 radical (unpaired) electrons. The third kappa shape index (κ3) is 3.52. The summed E-state index contributed by atoms with van der Waals surface area (Å²) in [6.45, 7) is 3.18. The highest BCUT2D eigenvalue weighted by molar-refractivity contribution is 4.97. The monoisotopic (exact) mass is 266 g/mol. The van der Waals surface area contributed by atoms with Crippen LogP contribution in [-0.2, 0) is 0 Å². The molecule has 0 aromatic heterocycles. The number of rotatable bonds is 5. The van der Waals surface area contributed by atoms with E-state index in [9.17, 15) is 0 Å². The Kier molecular flexibility index (Phi) is 5.70. The van der Waals surface area contributed by atoms with Gasteiger partial charge in [0.05, 0.1) is 0 Å². The molecule has 0 spiro atoms. The minimum absolute atomic E-state index is 0.326. The average molecular weight is 266 g/mol. The molecule has 0 unspecified atom stereocenters. The first kappa shape index (κ1) is 15.3. The second-order valence-corrected chi connectivity index (χ2v) is 7.06. The van der Waals surface area contributed by atoms with Crippen LogP contribution >= 0.6 is 0 Å². The Morgan fingerprint density at radius 3 is 2.21 bits per heavy atom. The molecule has 2 aliphatic carbocycles. The quantitative estimate of drug-likeness (QED) is 0.816. The molecule has 2 heteroatoms. The van der Waals surface area contributed by atoms with E-state index >= 15 is 0 Å². The average Bonchev–Trinajstić information content (AvgIpc) is 2.49. The van der Waals surface area contributed by atoms with Crippen molar-refractivity contribution in [2.45, 2.75) is 89.1 Å². The molecule has 2 saturated carbocycles. The van der Waals surface area contributed by atoms with E-state index in [0.717, 1.165) is 18.5 Å². The molecule has 0 amide bonds. The van der Waals surface area contributed by atoms with E-state index in [2.05, 4.69) is 18.9 Å². The van der Waals surface area contributed by atoms with Crippen LogP contribution in [0.25, 0.3) is 0 Å². The number of nitrogens with two attached hydrogens (primary N) is 1. The molecule has 2 N–H and O–H groups in total. The minimum Gasteiger partial charge on any atom is -0.329 e. The number of hydrogen-bond donors (Lipinski definition) is 1. The minimum atomic E-state index is 0.326. The maximum atomic E-state index is 6.22. The van der Waals surface area contributed by atoms with Crippen LogP contribution < -0.4 is 5.73 Å². The first-order valence-corrected chi connectivity index (χ1v) is 8.65. The fraction of sp³-hybridized carbons (Fsp3) is 1.00. The summed E-state index contributed by atoms with van der Waals surface area (Å²) < 4.78 is 0. The molecule has 0 aliphatic heterocycles. The van der Waals surface area contributed by atoms with Crippen LogP contribution in [0.4, 0.5) is 0 Å². The maximum absolute atomic E-state index is 6.22. The predicted octanol–water partition coefficient (Wildman–Crippen LogP) is 3.94. The molecule has 0 atom stereocenters. The van der Waals surface area contributed by atoms with Gasteiger partial charge in [0.2, 0.25) is 0 Å². The molecule has 19 heavy (non-hydrogen) atoms. The highest BCUT2D eigenvalue weighted by Crippen LogP contribution is 2.39. The van der Waals surface area contributed by atoms with Gasteiger partial charge in [-0.3, -0.25) is 4.90 Å². The van der Waals surface area contributed by atoms with Crippen molar-refractivity contribution in [3.63, 3.8) is 0 Å². The Labute approximate surface area is 120 Å². The first-order chi connectivity index (χ1) is 9.22. The van der Waals surface area contributed by atoms with Crippen LogP contribution in [0.2, 0.25) is 0 Å². The summed E-state index contributed by atoms with van der Waals surface area (Å²) in [6.07, 6.45) is 15.3. The molecule has 2 nitrogen and oxygen atoms in total. The van der Waals surface area contributed by atoms with Crippen molar-refractivity contribution in [1.82, 2.24) is 4.90 Å². The van der Waals surface area contributed by atoms with Gasteiger partial charge in [0.1, 0.15) is 0 Å². The van der Waals surface area contributed by atoms with E-state index < -0.39 is 0 Å². The lowest BCUT2D eigenvalue weighted by Gasteiger charge is -2.50. The van der Waals surface area contributed by atoms with Gasteiger partial charge < -0.3 is 5.73 Å². The lowest BCUT2D eigenvalue weighted by atomic mass is 9.73. The van der Waals surface area contributed by atoms with E-state index in [-0.39, 0.29) is 0 Å². The lowest BCUT2D eigenvalue weighted by molar-refractivity contribution is 0.0162. The van der Waals surface area contributed by atoms with Crippen LogP contribution in [0.5, 0.6) is 0 Å². The SMILES string of the molecule is CCCC1CCC(CN)(N(C)C2CCCCC2)CC1. The topological polar surface area (TPSA) is 29.3 Å².